The average molecular weight is 209 g/mol. The standard InChI is InChI=1S/C6H17ClN2Si2/c1-5-6(2,3)9-10-8-11(9,4)7/h8H,5,10H2,1-4H3. The second kappa shape index (κ2) is 2.85. The number of nitrogens with one attached hydrogen (secondary N) is 1. The molecule has 0 aliphatic carbocycles. The number of rotatable bonds is 2. The van der Waals surface area contributed by atoms with Gasteiger partial charge in [-0.3, -0.25) is 0 Å². The summed E-state index contributed by atoms with van der Waals surface area (Å²) in [4.78, 5) is 0. The van der Waals surface area contributed by atoms with Crippen molar-refractivity contribution in [2.75, 3.05) is 0 Å². The van der Waals surface area contributed by atoms with Gasteiger partial charge in [0.1, 0.15) is 0 Å². The first-order valence-electron chi connectivity index (χ1n) is 4.12. The van der Waals surface area contributed by atoms with Crippen LogP contribution in [0.2, 0.25) is 6.55 Å². The lowest BCUT2D eigenvalue weighted by Crippen LogP contribution is -2.79. The molecule has 0 aromatic rings. The average Bonchev–Trinajstić information content (AvgIpc) is 1.85. The largest absolute Gasteiger partial charge is 0.329 e. The summed E-state index contributed by atoms with van der Waals surface area (Å²) >= 11 is 6.32. The van der Waals surface area contributed by atoms with Crippen LogP contribution in [0.3, 0.4) is 0 Å². The van der Waals surface area contributed by atoms with Crippen molar-refractivity contribution in [2.45, 2.75) is 39.3 Å². The van der Waals surface area contributed by atoms with Gasteiger partial charge in [0.05, 0.1) is 0 Å². The molecule has 1 fully saturated rings. The van der Waals surface area contributed by atoms with Crippen molar-refractivity contribution >= 4 is 28.6 Å². The third-order valence-corrected chi connectivity index (χ3v) is 13.5. The second-order valence-electron chi connectivity index (χ2n) is 3.88. The molecule has 1 aliphatic heterocycles. The summed E-state index contributed by atoms with van der Waals surface area (Å²) in [5.74, 6) is 0. The topological polar surface area (TPSA) is 15.3 Å². The molecule has 2 nitrogen and oxygen atoms in total. The van der Waals surface area contributed by atoms with Crippen molar-refractivity contribution in [3.05, 3.63) is 0 Å². The molecule has 1 aliphatic rings. The van der Waals surface area contributed by atoms with Crippen molar-refractivity contribution in [1.29, 1.82) is 0 Å². The van der Waals surface area contributed by atoms with E-state index < -0.39 is 7.71 Å². The van der Waals surface area contributed by atoms with Crippen molar-refractivity contribution in [2.24, 2.45) is 0 Å². The fourth-order valence-electron chi connectivity index (χ4n) is 1.35. The summed E-state index contributed by atoms with van der Waals surface area (Å²) in [5, 5.41) is 0. The van der Waals surface area contributed by atoms with Crippen molar-refractivity contribution in [1.82, 2.24) is 8.88 Å². The van der Waals surface area contributed by atoms with E-state index in [9.17, 15) is 0 Å². The predicted molar refractivity (Wildman–Crippen MR) is 55.4 cm³/mol. The Morgan fingerprint density at radius 3 is 2.27 bits per heavy atom. The van der Waals surface area contributed by atoms with Crippen molar-refractivity contribution in [3.8, 4) is 0 Å². The molecule has 1 rings (SSSR count). The molecule has 0 saturated carbocycles. The Bertz CT molecular complexity index is 161. The first-order chi connectivity index (χ1) is 4.90. The molecule has 0 aromatic carbocycles. The predicted octanol–water partition coefficient (Wildman–Crippen LogP) is 0.886. The maximum absolute atomic E-state index is 6.32. The summed E-state index contributed by atoms with van der Waals surface area (Å²) in [6, 6.07) is 0. The van der Waals surface area contributed by atoms with Crippen LogP contribution in [0.25, 0.3) is 0 Å². The second-order valence-corrected chi connectivity index (χ2v) is 11.5. The van der Waals surface area contributed by atoms with Gasteiger partial charge in [0.2, 0.25) is 0 Å². The molecule has 11 heavy (non-hydrogen) atoms. The Labute approximate surface area is 77.2 Å². The Hall–Kier alpha value is 0.644. The molecule has 1 atom stereocenters. The molecule has 1 unspecified atom stereocenters. The van der Waals surface area contributed by atoms with E-state index in [1.807, 2.05) is 0 Å². The van der Waals surface area contributed by atoms with E-state index in [0.29, 0.717) is 5.54 Å². The van der Waals surface area contributed by atoms with Gasteiger partial charge in [-0.15, -0.1) is 11.1 Å². The fraction of sp³-hybridized carbons (Fsp3) is 1.00. The van der Waals surface area contributed by atoms with Crippen molar-refractivity contribution < 1.29 is 0 Å². The van der Waals surface area contributed by atoms with Gasteiger partial charge in [-0.25, -0.2) is 0 Å². The number of nitrogens with zero attached hydrogens (tertiary/aromatic N) is 1. The Morgan fingerprint density at radius 1 is 1.64 bits per heavy atom. The highest BCUT2D eigenvalue weighted by molar-refractivity contribution is 7.23. The zero-order valence-corrected chi connectivity index (χ0v) is 10.9. The zero-order chi connectivity index (χ0) is 8.70. The van der Waals surface area contributed by atoms with Gasteiger partial charge in [-0.2, -0.15) is 0 Å². The molecule has 0 radical (unpaired) electrons. The molecule has 0 bridgehead atoms. The molecule has 0 amide bonds. The Kier molecular flexibility index (Phi) is 2.52. The van der Waals surface area contributed by atoms with Crippen LogP contribution in [0, 0.1) is 0 Å². The van der Waals surface area contributed by atoms with Gasteiger partial charge >= 0.3 is 0 Å². The summed E-state index contributed by atoms with van der Waals surface area (Å²) in [6.07, 6.45) is 1.19. The van der Waals surface area contributed by atoms with Crippen LogP contribution in [0.15, 0.2) is 0 Å². The maximum atomic E-state index is 6.32. The van der Waals surface area contributed by atoms with Crippen LogP contribution >= 0.6 is 11.1 Å². The lowest BCUT2D eigenvalue weighted by molar-refractivity contribution is 0.301. The highest BCUT2D eigenvalue weighted by Gasteiger charge is 2.48. The summed E-state index contributed by atoms with van der Waals surface area (Å²) in [7, 11) is -1.81. The highest BCUT2D eigenvalue weighted by atomic mass is 35.6. The van der Waals surface area contributed by atoms with Crippen LogP contribution < -0.4 is 4.65 Å². The van der Waals surface area contributed by atoms with Crippen LogP contribution in [-0.4, -0.2) is 27.3 Å². The molecule has 0 spiro atoms. The van der Waals surface area contributed by atoms with E-state index in [0.717, 1.165) is 0 Å². The zero-order valence-electron chi connectivity index (χ0n) is 7.74. The van der Waals surface area contributed by atoms with E-state index in [1.165, 1.54) is 6.42 Å². The number of halogens is 1. The smallest absolute Gasteiger partial charge is 0.290 e. The minimum atomic E-state index is -1.62. The van der Waals surface area contributed by atoms with Gasteiger partial charge in [-0.1, -0.05) is 6.92 Å². The monoisotopic (exact) mass is 208 g/mol. The third-order valence-electron chi connectivity index (χ3n) is 2.66. The van der Waals surface area contributed by atoms with E-state index in [1.54, 1.807) is 0 Å². The highest BCUT2D eigenvalue weighted by Crippen LogP contribution is 2.29. The van der Waals surface area contributed by atoms with Crippen LogP contribution in [-0.2, 0) is 0 Å². The molecule has 1 N–H and O–H groups in total. The van der Waals surface area contributed by atoms with Crippen molar-refractivity contribution in [3.63, 3.8) is 0 Å². The number of hydrogen-bond acceptors (Lipinski definition) is 2. The Morgan fingerprint density at radius 2 is 2.18 bits per heavy atom. The molecule has 5 heteroatoms. The lowest BCUT2D eigenvalue weighted by Gasteiger charge is -2.53. The van der Waals surface area contributed by atoms with E-state index >= 15 is 0 Å². The van der Waals surface area contributed by atoms with Gasteiger partial charge in [0, 0.05) is 5.54 Å². The first kappa shape index (κ1) is 9.73. The van der Waals surface area contributed by atoms with Crippen LogP contribution in [0.4, 0.5) is 0 Å². The lowest BCUT2D eigenvalue weighted by atomic mass is 10.0. The quantitative estimate of drug-likeness (QED) is 0.536. The number of hydrogen-bond donors (Lipinski definition) is 1. The molecule has 0 aromatic heterocycles. The SMILES string of the molecule is CCC(C)(C)N1[SiH2]N[Si]1(C)Cl. The van der Waals surface area contributed by atoms with E-state index in [2.05, 4.69) is 36.2 Å². The summed E-state index contributed by atoms with van der Waals surface area (Å²) in [5.41, 5.74) is 0.334. The minimum absolute atomic E-state index is 0.187. The van der Waals surface area contributed by atoms with Gasteiger partial charge in [0.25, 0.3) is 7.71 Å². The maximum Gasteiger partial charge on any atom is 0.290 e. The van der Waals surface area contributed by atoms with Gasteiger partial charge in [0.15, 0.2) is 9.84 Å². The Balaban J connectivity index is 2.62. The molecule has 66 valence electrons. The summed E-state index contributed by atoms with van der Waals surface area (Å²) < 4.78 is 5.99. The van der Waals surface area contributed by atoms with E-state index in [4.69, 9.17) is 11.1 Å². The molecule has 1 heterocycles. The van der Waals surface area contributed by atoms with E-state index in [-0.39, 0.29) is 9.84 Å². The van der Waals surface area contributed by atoms with Crippen LogP contribution in [0.1, 0.15) is 27.2 Å². The first-order valence-corrected chi connectivity index (χ1v) is 8.92. The minimum Gasteiger partial charge on any atom is -0.329 e. The third kappa shape index (κ3) is 1.70. The van der Waals surface area contributed by atoms with Gasteiger partial charge in [-0.05, 0) is 26.8 Å². The molecular weight excluding hydrogens is 192 g/mol. The van der Waals surface area contributed by atoms with Crippen LogP contribution in [0.5, 0.6) is 0 Å². The summed E-state index contributed by atoms with van der Waals surface area (Å²) in [6.45, 7) is 8.97. The van der Waals surface area contributed by atoms with Gasteiger partial charge < -0.3 is 8.88 Å². The molecular formula is C6H17ClN2Si2. The molecule has 1 saturated heterocycles. The normalized spacial score (nSPS) is 35.7. The fourth-order valence-corrected chi connectivity index (χ4v) is 8.07.